The van der Waals surface area contributed by atoms with Crippen molar-refractivity contribution in [1.82, 2.24) is 0 Å². The minimum Gasteiger partial charge on any atom is -0.404 e. The third kappa shape index (κ3) is 6.70. The molecule has 0 N–H and O–H groups in total. The SMILES string of the molecule is C[C@@H]1C(=O)CC[C@]2(CO[Si](c3ccccc3)(c3ccccc3)c3ccccc3)[C@H]3CC[C@]4(C)[C@@H](O[Si](c5ccccc5)(c5ccccc5)c5ccccc5)CC[C@H]4[C@@H]3CC[C@@H]12. The molecule has 6 aromatic rings. The summed E-state index contributed by atoms with van der Waals surface area (Å²) in [6.45, 7) is 5.55. The molecule has 4 aliphatic rings. The van der Waals surface area contributed by atoms with Gasteiger partial charge in [-0.15, -0.1) is 0 Å². The summed E-state index contributed by atoms with van der Waals surface area (Å²) in [6.07, 6.45) is 8.61. The van der Waals surface area contributed by atoms with Crippen molar-refractivity contribution in [2.75, 3.05) is 6.61 Å². The van der Waals surface area contributed by atoms with E-state index >= 15 is 0 Å². The standard InChI is InChI=1S/C56H60O3Si2/c1-42-50-34-33-49-51-35-36-54(59-61(46-27-15-6-16-28-46,47-29-17-7-18-30-47)48-31-19-8-20-32-48)55(51,2)39-37-52(49)56(50,40-38-53(42)57)41-58-60(43-21-9-3-10-22-43,44-23-11-4-12-24-44)45-25-13-5-14-26-45/h3-32,42,49-52,54H,33-41H2,1-2H3/t42-,49-,50-,51-,52-,54-,55-,56+/m0/s1. The molecule has 5 heteroatoms. The maximum Gasteiger partial charge on any atom is 0.288 e. The van der Waals surface area contributed by atoms with Crippen LogP contribution in [0, 0.1) is 40.4 Å². The monoisotopic (exact) mass is 836 g/mol. The van der Waals surface area contributed by atoms with Crippen LogP contribution in [0.4, 0.5) is 0 Å². The molecule has 0 aromatic heterocycles. The van der Waals surface area contributed by atoms with E-state index in [2.05, 4.69) is 196 Å². The largest absolute Gasteiger partial charge is 0.404 e. The quantitative estimate of drug-likeness (QED) is 0.0971. The minimum absolute atomic E-state index is 0.0549. The number of benzene rings is 6. The van der Waals surface area contributed by atoms with Crippen molar-refractivity contribution in [3.05, 3.63) is 182 Å². The Balaban J connectivity index is 1.03. The van der Waals surface area contributed by atoms with Crippen molar-refractivity contribution in [2.24, 2.45) is 40.4 Å². The van der Waals surface area contributed by atoms with Crippen LogP contribution in [-0.2, 0) is 13.6 Å². The molecule has 4 aliphatic carbocycles. The topological polar surface area (TPSA) is 35.5 Å². The second kappa shape index (κ2) is 16.6. The van der Waals surface area contributed by atoms with Crippen LogP contribution in [0.3, 0.4) is 0 Å². The van der Waals surface area contributed by atoms with Gasteiger partial charge < -0.3 is 8.85 Å². The van der Waals surface area contributed by atoms with Gasteiger partial charge in [-0.25, -0.2) is 0 Å². The Bertz CT molecular complexity index is 2200. The molecule has 0 amide bonds. The molecule has 4 saturated carbocycles. The van der Waals surface area contributed by atoms with E-state index < -0.39 is 16.6 Å². The summed E-state index contributed by atoms with van der Waals surface area (Å²) < 4.78 is 16.1. The summed E-state index contributed by atoms with van der Waals surface area (Å²) in [5.41, 5.74) is -0.0108. The van der Waals surface area contributed by atoms with Crippen LogP contribution in [-0.4, -0.2) is 35.1 Å². The lowest BCUT2D eigenvalue weighted by Crippen LogP contribution is -2.71. The first-order valence-electron chi connectivity index (χ1n) is 23.1. The van der Waals surface area contributed by atoms with E-state index in [-0.39, 0.29) is 22.9 Å². The van der Waals surface area contributed by atoms with Gasteiger partial charge in [-0.1, -0.05) is 196 Å². The first kappa shape index (κ1) is 40.4. The van der Waals surface area contributed by atoms with Crippen LogP contribution >= 0.6 is 0 Å². The highest BCUT2D eigenvalue weighted by molar-refractivity contribution is 7.07. The minimum atomic E-state index is -2.96. The van der Waals surface area contributed by atoms with Crippen molar-refractivity contribution in [3.63, 3.8) is 0 Å². The van der Waals surface area contributed by atoms with Crippen molar-refractivity contribution >= 4 is 53.5 Å². The van der Waals surface area contributed by atoms with Gasteiger partial charge in [0, 0.05) is 18.9 Å². The molecule has 310 valence electrons. The third-order valence-electron chi connectivity index (χ3n) is 16.5. The zero-order valence-electron chi connectivity index (χ0n) is 35.9. The lowest BCUT2D eigenvalue weighted by Gasteiger charge is -2.62. The Morgan fingerprint density at radius 2 is 0.902 bits per heavy atom. The zero-order valence-corrected chi connectivity index (χ0v) is 37.9. The van der Waals surface area contributed by atoms with E-state index in [9.17, 15) is 4.79 Å². The van der Waals surface area contributed by atoms with Gasteiger partial charge in [0.2, 0.25) is 0 Å². The molecule has 0 spiro atoms. The van der Waals surface area contributed by atoms with E-state index in [1.165, 1.54) is 44.0 Å². The Morgan fingerprint density at radius 1 is 0.492 bits per heavy atom. The predicted octanol–water partition coefficient (Wildman–Crippen LogP) is 8.56. The molecule has 6 aromatic carbocycles. The van der Waals surface area contributed by atoms with Crippen molar-refractivity contribution in [3.8, 4) is 0 Å². The van der Waals surface area contributed by atoms with Gasteiger partial charge in [-0.2, -0.15) is 0 Å². The highest BCUT2D eigenvalue weighted by Gasteiger charge is 2.64. The first-order chi connectivity index (χ1) is 29.9. The van der Waals surface area contributed by atoms with Crippen LogP contribution < -0.4 is 31.1 Å². The van der Waals surface area contributed by atoms with Gasteiger partial charge in [0.15, 0.2) is 0 Å². The smallest absolute Gasteiger partial charge is 0.288 e. The third-order valence-corrected chi connectivity index (χ3v) is 24.6. The van der Waals surface area contributed by atoms with E-state index in [4.69, 9.17) is 8.85 Å². The van der Waals surface area contributed by atoms with E-state index in [1.54, 1.807) is 0 Å². The number of ketones is 1. The average Bonchev–Trinajstić information content (AvgIpc) is 3.67. The summed E-state index contributed by atoms with van der Waals surface area (Å²) in [5.74, 6) is 2.49. The van der Waals surface area contributed by atoms with Crippen LogP contribution in [0.1, 0.15) is 65.2 Å². The number of fused-ring (bicyclic) bond motifs is 5. The zero-order chi connectivity index (χ0) is 41.5. The lowest BCUT2D eigenvalue weighted by molar-refractivity contribution is -0.164. The maximum absolute atomic E-state index is 13.7. The van der Waals surface area contributed by atoms with Gasteiger partial charge in [0.1, 0.15) is 5.78 Å². The normalized spacial score (nSPS) is 28.7. The molecule has 4 fully saturated rings. The molecule has 10 rings (SSSR count). The summed E-state index contributed by atoms with van der Waals surface area (Å²) in [6, 6.07) is 66.7. The van der Waals surface area contributed by atoms with Gasteiger partial charge in [-0.3, -0.25) is 4.79 Å². The Morgan fingerprint density at radius 3 is 1.34 bits per heavy atom. The van der Waals surface area contributed by atoms with Crippen molar-refractivity contribution in [1.29, 1.82) is 0 Å². The maximum atomic E-state index is 13.7. The second-order valence-corrected chi connectivity index (χ2v) is 25.8. The summed E-state index contributed by atoms with van der Waals surface area (Å²) in [4.78, 5) is 13.7. The number of hydrogen-bond acceptors (Lipinski definition) is 3. The van der Waals surface area contributed by atoms with Gasteiger partial charge >= 0.3 is 0 Å². The Labute approximate surface area is 365 Å². The van der Waals surface area contributed by atoms with Gasteiger partial charge in [0.05, 0.1) is 6.10 Å². The molecule has 0 heterocycles. The number of rotatable bonds is 11. The van der Waals surface area contributed by atoms with Gasteiger partial charge in [0.25, 0.3) is 16.6 Å². The molecule has 0 aliphatic heterocycles. The molecule has 8 atom stereocenters. The predicted molar refractivity (Wildman–Crippen MR) is 254 cm³/mol. The first-order valence-corrected chi connectivity index (χ1v) is 26.9. The van der Waals surface area contributed by atoms with E-state index in [0.717, 1.165) is 32.1 Å². The fraction of sp³-hybridized carbons (Fsp3) is 0.339. The van der Waals surface area contributed by atoms with Crippen molar-refractivity contribution < 1.29 is 13.6 Å². The summed E-state index contributed by atoms with van der Waals surface area (Å²) >= 11 is 0. The Hall–Kier alpha value is -4.66. The van der Waals surface area contributed by atoms with E-state index in [1.807, 2.05) is 0 Å². The van der Waals surface area contributed by atoms with Crippen LogP contribution in [0.15, 0.2) is 182 Å². The molecular weight excluding hydrogens is 777 g/mol. The fourth-order valence-electron chi connectivity index (χ4n) is 13.6. The summed E-state index contributed by atoms with van der Waals surface area (Å²) in [7, 11) is -5.86. The number of carbonyl (C=O) groups is 1. The van der Waals surface area contributed by atoms with Crippen LogP contribution in [0.25, 0.3) is 0 Å². The molecule has 0 unspecified atom stereocenters. The molecule has 3 nitrogen and oxygen atoms in total. The molecule has 0 bridgehead atoms. The lowest BCUT2D eigenvalue weighted by atomic mass is 9.43. The molecule has 61 heavy (non-hydrogen) atoms. The molecule has 0 saturated heterocycles. The second-order valence-electron chi connectivity index (χ2n) is 19.1. The number of Topliss-reactive ketones (excluding diaryl/α,β-unsaturated/α-hetero) is 1. The fourth-order valence-corrected chi connectivity index (χ4v) is 21.8. The molecular formula is C56H60O3Si2. The van der Waals surface area contributed by atoms with Gasteiger partial charge in [-0.05, 0) is 111 Å². The van der Waals surface area contributed by atoms with Crippen LogP contribution in [0.2, 0.25) is 0 Å². The molecule has 0 radical (unpaired) electrons. The highest BCUT2D eigenvalue weighted by atomic mass is 28.4. The van der Waals surface area contributed by atoms with E-state index in [0.29, 0.717) is 42.5 Å². The Kier molecular flexibility index (Phi) is 11.0. The van der Waals surface area contributed by atoms with Crippen LogP contribution in [0.5, 0.6) is 0 Å². The highest BCUT2D eigenvalue weighted by Crippen LogP contribution is 2.67. The number of carbonyl (C=O) groups excluding carboxylic acids is 1. The van der Waals surface area contributed by atoms with Crippen molar-refractivity contribution in [2.45, 2.75) is 71.3 Å². The number of hydrogen-bond donors (Lipinski definition) is 0. The summed E-state index contributed by atoms with van der Waals surface area (Å²) in [5, 5.41) is 7.78. The average molecular weight is 837 g/mol.